The van der Waals surface area contributed by atoms with Crippen LogP contribution >= 0.6 is 12.4 Å². The molecule has 0 aliphatic carbocycles. The van der Waals surface area contributed by atoms with Crippen LogP contribution in [0.5, 0.6) is 0 Å². The molecule has 1 atom stereocenters. The van der Waals surface area contributed by atoms with Gasteiger partial charge in [0.2, 0.25) is 5.91 Å². The molecule has 2 rings (SSSR count). The normalized spacial score (nSPS) is 18.0. The molecule has 1 saturated heterocycles. The minimum atomic E-state index is -1.05. The molecular formula is C15H25ClN4O3. The summed E-state index contributed by atoms with van der Waals surface area (Å²) in [5.74, 6) is -0.341. The van der Waals surface area contributed by atoms with E-state index in [0.29, 0.717) is 5.92 Å². The molecule has 2 heterocycles. The molecule has 1 aromatic rings. The average Bonchev–Trinajstić information content (AvgIpc) is 2.95. The number of nitrogens with one attached hydrogen (secondary N) is 2. The van der Waals surface area contributed by atoms with Crippen LogP contribution in [0.2, 0.25) is 0 Å². The number of halogens is 1. The van der Waals surface area contributed by atoms with Crippen molar-refractivity contribution in [3.8, 4) is 0 Å². The lowest BCUT2D eigenvalue weighted by Crippen LogP contribution is -2.51. The van der Waals surface area contributed by atoms with E-state index in [1.54, 1.807) is 24.7 Å². The first-order chi connectivity index (χ1) is 10.4. The fourth-order valence-corrected chi connectivity index (χ4v) is 2.63. The number of hydrogen-bond acceptors (Lipinski definition) is 5. The summed E-state index contributed by atoms with van der Waals surface area (Å²) in [6, 6.07) is 1.95. The molecule has 0 radical (unpaired) electrons. The third kappa shape index (κ3) is 5.21. The van der Waals surface area contributed by atoms with Crippen molar-refractivity contribution in [2.24, 2.45) is 0 Å². The SMILES string of the molecule is COC(=O)C(C)(C)NC(=O)Cn1ccc(C2CCCNC2)n1.Cl. The van der Waals surface area contributed by atoms with Gasteiger partial charge < -0.3 is 15.4 Å². The zero-order chi connectivity index (χ0) is 16.2. The van der Waals surface area contributed by atoms with E-state index in [1.165, 1.54) is 7.11 Å². The highest BCUT2D eigenvalue weighted by Crippen LogP contribution is 2.21. The Morgan fingerprint density at radius 1 is 1.52 bits per heavy atom. The Labute approximate surface area is 142 Å². The molecule has 0 aromatic carbocycles. The topological polar surface area (TPSA) is 85.2 Å². The van der Waals surface area contributed by atoms with Gasteiger partial charge in [-0.3, -0.25) is 9.48 Å². The van der Waals surface area contributed by atoms with Crippen LogP contribution in [0, 0.1) is 0 Å². The fraction of sp³-hybridized carbons (Fsp3) is 0.667. The van der Waals surface area contributed by atoms with E-state index in [1.807, 2.05) is 6.07 Å². The van der Waals surface area contributed by atoms with Gasteiger partial charge in [0, 0.05) is 18.7 Å². The minimum Gasteiger partial charge on any atom is -0.467 e. The molecule has 130 valence electrons. The number of aromatic nitrogens is 2. The quantitative estimate of drug-likeness (QED) is 0.773. The molecule has 8 heteroatoms. The molecule has 1 aliphatic heterocycles. The molecule has 1 aromatic heterocycles. The van der Waals surface area contributed by atoms with E-state index < -0.39 is 11.5 Å². The van der Waals surface area contributed by atoms with Gasteiger partial charge in [0.05, 0.1) is 12.8 Å². The smallest absolute Gasteiger partial charge is 0.330 e. The maximum Gasteiger partial charge on any atom is 0.330 e. The summed E-state index contributed by atoms with van der Waals surface area (Å²) in [5, 5.41) is 10.5. The number of carbonyl (C=O) groups excluding carboxylic acids is 2. The lowest BCUT2D eigenvalue weighted by molar-refractivity contribution is -0.149. The van der Waals surface area contributed by atoms with Gasteiger partial charge in [0.15, 0.2) is 0 Å². The number of methoxy groups -OCH3 is 1. The second-order valence-corrected chi connectivity index (χ2v) is 6.15. The average molecular weight is 345 g/mol. The Bertz CT molecular complexity index is 539. The zero-order valence-electron chi connectivity index (χ0n) is 13.8. The predicted molar refractivity (Wildman–Crippen MR) is 88.6 cm³/mol. The van der Waals surface area contributed by atoms with Crippen LogP contribution in [-0.4, -0.2) is 47.4 Å². The van der Waals surface area contributed by atoms with Gasteiger partial charge in [-0.05, 0) is 39.3 Å². The first kappa shape index (κ1) is 19.4. The lowest BCUT2D eigenvalue weighted by atomic mass is 9.97. The molecule has 0 bridgehead atoms. The lowest BCUT2D eigenvalue weighted by Gasteiger charge is -2.23. The Hall–Kier alpha value is -1.60. The first-order valence-electron chi connectivity index (χ1n) is 7.56. The molecule has 23 heavy (non-hydrogen) atoms. The summed E-state index contributed by atoms with van der Waals surface area (Å²) < 4.78 is 6.27. The van der Waals surface area contributed by atoms with Gasteiger partial charge in [0.25, 0.3) is 0 Å². The number of nitrogens with zero attached hydrogens (tertiary/aromatic N) is 2. The molecule has 1 aliphatic rings. The van der Waals surface area contributed by atoms with Gasteiger partial charge in [-0.2, -0.15) is 5.10 Å². The summed E-state index contributed by atoms with van der Waals surface area (Å²) in [6.07, 6.45) is 4.06. The van der Waals surface area contributed by atoms with Crippen molar-refractivity contribution in [2.75, 3.05) is 20.2 Å². The molecule has 1 fully saturated rings. The van der Waals surface area contributed by atoms with E-state index in [4.69, 9.17) is 0 Å². The van der Waals surface area contributed by atoms with Gasteiger partial charge in [-0.25, -0.2) is 4.79 Å². The number of esters is 1. The molecule has 1 amide bonds. The van der Waals surface area contributed by atoms with Crippen molar-refractivity contribution in [2.45, 2.75) is 44.7 Å². The molecule has 1 unspecified atom stereocenters. The predicted octanol–water partition coefficient (Wildman–Crippen LogP) is 0.840. The highest BCUT2D eigenvalue weighted by Gasteiger charge is 2.30. The fourth-order valence-electron chi connectivity index (χ4n) is 2.63. The van der Waals surface area contributed by atoms with Crippen LogP contribution in [0.1, 0.15) is 38.3 Å². The van der Waals surface area contributed by atoms with Crippen molar-refractivity contribution in [1.82, 2.24) is 20.4 Å². The van der Waals surface area contributed by atoms with E-state index in [-0.39, 0.29) is 24.9 Å². The Morgan fingerprint density at radius 2 is 2.26 bits per heavy atom. The van der Waals surface area contributed by atoms with E-state index in [9.17, 15) is 9.59 Å². The molecule has 0 saturated carbocycles. The zero-order valence-corrected chi connectivity index (χ0v) is 14.6. The van der Waals surface area contributed by atoms with Crippen molar-refractivity contribution in [3.05, 3.63) is 18.0 Å². The third-order valence-electron chi connectivity index (χ3n) is 3.83. The molecule has 0 spiro atoms. The second kappa shape index (κ2) is 8.31. The van der Waals surface area contributed by atoms with Crippen molar-refractivity contribution in [1.29, 1.82) is 0 Å². The minimum absolute atomic E-state index is 0. The van der Waals surface area contributed by atoms with E-state index in [0.717, 1.165) is 31.6 Å². The van der Waals surface area contributed by atoms with Crippen LogP contribution < -0.4 is 10.6 Å². The van der Waals surface area contributed by atoms with Gasteiger partial charge in [-0.1, -0.05) is 0 Å². The van der Waals surface area contributed by atoms with Gasteiger partial charge >= 0.3 is 5.97 Å². The highest BCUT2D eigenvalue weighted by molar-refractivity contribution is 5.87. The summed E-state index contributed by atoms with van der Waals surface area (Å²) in [6.45, 7) is 5.29. The molecular weight excluding hydrogens is 320 g/mol. The van der Waals surface area contributed by atoms with Gasteiger partial charge in [0.1, 0.15) is 12.1 Å². The maximum absolute atomic E-state index is 12.0. The Kier molecular flexibility index (Phi) is 7.02. The monoisotopic (exact) mass is 344 g/mol. The number of carbonyl (C=O) groups is 2. The van der Waals surface area contributed by atoms with Crippen LogP contribution in [0.3, 0.4) is 0 Å². The summed E-state index contributed by atoms with van der Waals surface area (Å²) in [5.41, 5.74) is -0.0398. The second-order valence-electron chi connectivity index (χ2n) is 6.15. The largest absolute Gasteiger partial charge is 0.467 e. The third-order valence-corrected chi connectivity index (χ3v) is 3.83. The number of hydrogen-bond donors (Lipinski definition) is 2. The molecule has 2 N–H and O–H groups in total. The number of amides is 1. The van der Waals surface area contributed by atoms with E-state index in [2.05, 4.69) is 20.5 Å². The van der Waals surface area contributed by atoms with Crippen LogP contribution in [0.4, 0.5) is 0 Å². The summed E-state index contributed by atoms with van der Waals surface area (Å²) in [7, 11) is 1.30. The standard InChI is InChI=1S/C15H24N4O3.ClH/c1-15(2,14(21)22-3)17-13(20)10-19-8-6-12(18-19)11-5-4-7-16-9-11;/h6,8,11,16H,4-5,7,9-10H2,1-3H3,(H,17,20);1H. The number of piperidine rings is 1. The number of rotatable bonds is 5. The van der Waals surface area contributed by atoms with Crippen molar-refractivity contribution >= 4 is 24.3 Å². The van der Waals surface area contributed by atoms with Crippen molar-refractivity contribution in [3.63, 3.8) is 0 Å². The van der Waals surface area contributed by atoms with Crippen molar-refractivity contribution < 1.29 is 14.3 Å². The first-order valence-corrected chi connectivity index (χ1v) is 7.56. The summed E-state index contributed by atoms with van der Waals surface area (Å²) in [4.78, 5) is 23.6. The Balaban J connectivity index is 0.00000264. The van der Waals surface area contributed by atoms with Crippen LogP contribution in [0.25, 0.3) is 0 Å². The Morgan fingerprint density at radius 3 is 2.87 bits per heavy atom. The molecule has 7 nitrogen and oxygen atoms in total. The highest BCUT2D eigenvalue weighted by atomic mass is 35.5. The van der Waals surface area contributed by atoms with Crippen LogP contribution in [-0.2, 0) is 20.9 Å². The van der Waals surface area contributed by atoms with Crippen LogP contribution in [0.15, 0.2) is 12.3 Å². The van der Waals surface area contributed by atoms with Gasteiger partial charge in [-0.15, -0.1) is 12.4 Å². The summed E-state index contributed by atoms with van der Waals surface area (Å²) >= 11 is 0. The number of ether oxygens (including phenoxy) is 1. The maximum atomic E-state index is 12.0. The van der Waals surface area contributed by atoms with E-state index >= 15 is 0 Å².